The van der Waals surface area contributed by atoms with Crippen LogP contribution in [0.3, 0.4) is 0 Å². The van der Waals surface area contributed by atoms with Gasteiger partial charge in [-0.15, -0.1) is 0 Å². The van der Waals surface area contributed by atoms with Crippen molar-refractivity contribution in [1.29, 1.82) is 0 Å². The zero-order valence-electron chi connectivity index (χ0n) is 8.25. The topological polar surface area (TPSA) is 32.3 Å². The van der Waals surface area contributed by atoms with Gasteiger partial charge in [0, 0.05) is 17.0 Å². The molecule has 2 rings (SSSR count). The second-order valence-corrected chi connectivity index (χ2v) is 5.86. The van der Waals surface area contributed by atoms with Crippen LogP contribution in [0.25, 0.3) is 0 Å². The SMILES string of the molecule is CC1CC(O)(C2CCCCN2)CS1. The monoisotopic (exact) mass is 201 g/mol. The van der Waals surface area contributed by atoms with Crippen molar-refractivity contribution in [3.8, 4) is 0 Å². The highest BCUT2D eigenvalue weighted by molar-refractivity contribution is 8.00. The maximum Gasteiger partial charge on any atom is 0.0900 e. The minimum atomic E-state index is -0.412. The minimum absolute atomic E-state index is 0.360. The van der Waals surface area contributed by atoms with E-state index >= 15 is 0 Å². The van der Waals surface area contributed by atoms with Gasteiger partial charge in [-0.25, -0.2) is 0 Å². The molecular weight excluding hydrogens is 182 g/mol. The van der Waals surface area contributed by atoms with Crippen LogP contribution in [0.2, 0.25) is 0 Å². The number of aliphatic hydroxyl groups is 1. The molecule has 0 aromatic rings. The standard InChI is InChI=1S/C10H19NOS/c1-8-6-10(12,7-13-8)9-4-2-3-5-11-9/h8-9,11-12H,2-7H2,1H3. The highest BCUT2D eigenvalue weighted by atomic mass is 32.2. The van der Waals surface area contributed by atoms with E-state index in [0.29, 0.717) is 11.3 Å². The molecule has 2 fully saturated rings. The van der Waals surface area contributed by atoms with E-state index in [9.17, 15) is 5.11 Å². The molecule has 2 aliphatic heterocycles. The van der Waals surface area contributed by atoms with Gasteiger partial charge in [-0.1, -0.05) is 13.3 Å². The molecule has 2 N–H and O–H groups in total. The molecule has 2 saturated heterocycles. The maximum absolute atomic E-state index is 10.4. The molecule has 0 aromatic carbocycles. The fraction of sp³-hybridized carbons (Fsp3) is 1.00. The van der Waals surface area contributed by atoms with E-state index in [1.807, 2.05) is 11.8 Å². The molecule has 2 aliphatic rings. The van der Waals surface area contributed by atoms with Crippen molar-refractivity contribution in [2.75, 3.05) is 12.3 Å². The van der Waals surface area contributed by atoms with Crippen molar-refractivity contribution in [3.63, 3.8) is 0 Å². The molecule has 2 nitrogen and oxygen atoms in total. The summed E-state index contributed by atoms with van der Waals surface area (Å²) in [6, 6.07) is 0.360. The largest absolute Gasteiger partial charge is 0.387 e. The van der Waals surface area contributed by atoms with Gasteiger partial charge in [0.05, 0.1) is 5.60 Å². The van der Waals surface area contributed by atoms with Crippen LogP contribution >= 0.6 is 11.8 Å². The second kappa shape index (κ2) is 3.79. The average Bonchev–Trinajstić information content (AvgIpc) is 2.49. The van der Waals surface area contributed by atoms with E-state index in [1.165, 1.54) is 12.8 Å². The summed E-state index contributed by atoms with van der Waals surface area (Å²) in [5.74, 6) is 0.922. The summed E-state index contributed by atoms with van der Waals surface area (Å²) >= 11 is 1.91. The summed E-state index contributed by atoms with van der Waals surface area (Å²) in [7, 11) is 0. The third kappa shape index (κ3) is 2.03. The normalized spacial score (nSPS) is 46.6. The van der Waals surface area contributed by atoms with Crippen molar-refractivity contribution in [1.82, 2.24) is 5.32 Å². The quantitative estimate of drug-likeness (QED) is 0.672. The van der Waals surface area contributed by atoms with Crippen LogP contribution in [0.15, 0.2) is 0 Å². The first kappa shape index (κ1) is 9.81. The van der Waals surface area contributed by atoms with Crippen LogP contribution in [0.5, 0.6) is 0 Å². The van der Waals surface area contributed by atoms with Gasteiger partial charge >= 0.3 is 0 Å². The van der Waals surface area contributed by atoms with Gasteiger partial charge < -0.3 is 10.4 Å². The Bertz CT molecular complexity index is 182. The zero-order chi connectivity index (χ0) is 9.31. The van der Waals surface area contributed by atoms with Gasteiger partial charge in [0.1, 0.15) is 0 Å². The van der Waals surface area contributed by atoms with Gasteiger partial charge in [-0.05, 0) is 25.8 Å². The predicted molar refractivity (Wildman–Crippen MR) is 57.1 cm³/mol. The Hall–Kier alpha value is 0.270. The lowest BCUT2D eigenvalue weighted by Gasteiger charge is -2.35. The van der Waals surface area contributed by atoms with Gasteiger partial charge in [0.25, 0.3) is 0 Å². The molecule has 76 valence electrons. The molecular formula is C10H19NOS. The summed E-state index contributed by atoms with van der Waals surface area (Å²) in [4.78, 5) is 0. The maximum atomic E-state index is 10.4. The first-order chi connectivity index (χ1) is 6.21. The van der Waals surface area contributed by atoms with Crippen molar-refractivity contribution in [2.45, 2.75) is 49.5 Å². The second-order valence-electron chi connectivity index (χ2n) is 4.43. The molecule has 0 aliphatic carbocycles. The molecule has 0 bridgehead atoms. The summed E-state index contributed by atoms with van der Waals surface area (Å²) in [6.07, 6.45) is 4.67. The number of thioether (sulfide) groups is 1. The molecule has 0 radical (unpaired) electrons. The number of rotatable bonds is 1. The van der Waals surface area contributed by atoms with Crippen molar-refractivity contribution in [3.05, 3.63) is 0 Å². The van der Waals surface area contributed by atoms with Crippen LogP contribution in [0.1, 0.15) is 32.6 Å². The molecule has 0 spiro atoms. The molecule has 3 unspecified atom stereocenters. The van der Waals surface area contributed by atoms with Gasteiger partial charge in [-0.2, -0.15) is 11.8 Å². The molecule has 0 saturated carbocycles. The Morgan fingerprint density at radius 2 is 2.31 bits per heavy atom. The number of hydrogen-bond acceptors (Lipinski definition) is 3. The molecule has 3 atom stereocenters. The Labute approximate surface area is 84.5 Å². The lowest BCUT2D eigenvalue weighted by molar-refractivity contribution is 0.0138. The van der Waals surface area contributed by atoms with Crippen LogP contribution in [-0.2, 0) is 0 Å². The molecule has 2 heterocycles. The highest BCUT2D eigenvalue weighted by Gasteiger charge is 2.42. The average molecular weight is 201 g/mol. The minimum Gasteiger partial charge on any atom is -0.387 e. The first-order valence-corrected chi connectivity index (χ1v) is 6.33. The van der Waals surface area contributed by atoms with Gasteiger partial charge in [-0.3, -0.25) is 0 Å². The molecule has 0 amide bonds. The van der Waals surface area contributed by atoms with E-state index in [1.54, 1.807) is 0 Å². The molecule has 3 heteroatoms. The molecule has 0 aromatic heterocycles. The zero-order valence-corrected chi connectivity index (χ0v) is 9.07. The van der Waals surface area contributed by atoms with E-state index < -0.39 is 5.60 Å². The fourth-order valence-electron chi connectivity index (χ4n) is 2.46. The Morgan fingerprint density at radius 1 is 1.46 bits per heavy atom. The van der Waals surface area contributed by atoms with Gasteiger partial charge in [0.15, 0.2) is 0 Å². The predicted octanol–water partition coefficient (Wildman–Crippen LogP) is 1.39. The summed E-state index contributed by atoms with van der Waals surface area (Å²) < 4.78 is 0. The van der Waals surface area contributed by atoms with E-state index in [0.717, 1.165) is 25.1 Å². The third-order valence-electron chi connectivity index (χ3n) is 3.22. The van der Waals surface area contributed by atoms with Crippen LogP contribution in [0, 0.1) is 0 Å². The fourth-order valence-corrected chi connectivity index (χ4v) is 3.75. The highest BCUT2D eigenvalue weighted by Crippen LogP contribution is 2.38. The summed E-state index contributed by atoms with van der Waals surface area (Å²) in [6.45, 7) is 3.30. The Balaban J connectivity index is 1.97. The molecule has 13 heavy (non-hydrogen) atoms. The van der Waals surface area contributed by atoms with Crippen LogP contribution in [0.4, 0.5) is 0 Å². The van der Waals surface area contributed by atoms with Crippen LogP contribution < -0.4 is 5.32 Å². The van der Waals surface area contributed by atoms with Gasteiger partial charge in [0.2, 0.25) is 0 Å². The van der Waals surface area contributed by atoms with Crippen LogP contribution in [-0.4, -0.2) is 34.3 Å². The number of hydrogen-bond donors (Lipinski definition) is 2. The summed E-state index contributed by atoms with van der Waals surface area (Å²) in [5, 5.41) is 14.5. The van der Waals surface area contributed by atoms with E-state index in [2.05, 4.69) is 12.2 Å². The van der Waals surface area contributed by atoms with Crippen molar-refractivity contribution >= 4 is 11.8 Å². The van der Waals surface area contributed by atoms with Crippen molar-refractivity contribution < 1.29 is 5.11 Å². The number of piperidine rings is 1. The summed E-state index contributed by atoms with van der Waals surface area (Å²) in [5.41, 5.74) is -0.412. The smallest absolute Gasteiger partial charge is 0.0900 e. The lowest BCUT2D eigenvalue weighted by atomic mass is 9.86. The Kier molecular flexibility index (Phi) is 2.86. The van der Waals surface area contributed by atoms with Crippen molar-refractivity contribution in [2.24, 2.45) is 0 Å². The first-order valence-electron chi connectivity index (χ1n) is 5.28. The lowest BCUT2D eigenvalue weighted by Crippen LogP contribution is -2.53. The van der Waals surface area contributed by atoms with E-state index in [-0.39, 0.29) is 0 Å². The third-order valence-corrected chi connectivity index (χ3v) is 4.62. The number of nitrogens with one attached hydrogen (secondary N) is 1. The Morgan fingerprint density at radius 3 is 2.85 bits per heavy atom. The van der Waals surface area contributed by atoms with E-state index in [4.69, 9.17) is 0 Å².